The summed E-state index contributed by atoms with van der Waals surface area (Å²) < 4.78 is 0. The van der Waals surface area contributed by atoms with E-state index in [9.17, 15) is 0 Å². The maximum Gasteiger partial charge on any atom is 0.0249 e. The van der Waals surface area contributed by atoms with Gasteiger partial charge in [0.2, 0.25) is 0 Å². The molecule has 3 unspecified atom stereocenters. The molecular formula is C17H34N2. The molecule has 0 spiro atoms. The fourth-order valence-corrected chi connectivity index (χ4v) is 4.10. The Labute approximate surface area is 120 Å². The maximum atomic E-state index is 3.84. The quantitative estimate of drug-likeness (QED) is 0.736. The topological polar surface area (TPSA) is 15.3 Å². The first kappa shape index (κ1) is 15.3. The van der Waals surface area contributed by atoms with Crippen molar-refractivity contribution in [2.24, 2.45) is 5.92 Å². The molecule has 2 heteroatoms. The third-order valence-electron chi connectivity index (χ3n) is 5.12. The van der Waals surface area contributed by atoms with Crippen molar-refractivity contribution in [3.05, 3.63) is 0 Å². The number of likely N-dealkylation sites (tertiary alicyclic amines) is 1. The lowest BCUT2D eigenvalue weighted by molar-refractivity contribution is 0.174. The van der Waals surface area contributed by atoms with E-state index in [1.54, 1.807) is 0 Å². The SMILES string of the molecule is CCCNC1CCCCCC1N1CCC(CCC)C1. The highest BCUT2D eigenvalue weighted by atomic mass is 15.2. The van der Waals surface area contributed by atoms with Crippen LogP contribution in [0.5, 0.6) is 0 Å². The van der Waals surface area contributed by atoms with Crippen molar-refractivity contribution in [3.8, 4) is 0 Å². The van der Waals surface area contributed by atoms with Crippen molar-refractivity contribution in [1.82, 2.24) is 10.2 Å². The fraction of sp³-hybridized carbons (Fsp3) is 1.00. The van der Waals surface area contributed by atoms with E-state index in [1.165, 1.54) is 77.4 Å². The average Bonchev–Trinajstić information content (AvgIpc) is 2.74. The van der Waals surface area contributed by atoms with E-state index in [-0.39, 0.29) is 0 Å². The molecule has 0 amide bonds. The van der Waals surface area contributed by atoms with Crippen LogP contribution in [-0.4, -0.2) is 36.6 Å². The molecule has 1 heterocycles. The van der Waals surface area contributed by atoms with E-state index in [0.717, 1.165) is 18.0 Å². The molecular weight excluding hydrogens is 232 g/mol. The van der Waals surface area contributed by atoms with Crippen LogP contribution >= 0.6 is 0 Å². The molecule has 2 nitrogen and oxygen atoms in total. The summed E-state index contributed by atoms with van der Waals surface area (Å²) in [7, 11) is 0. The highest BCUT2D eigenvalue weighted by Gasteiger charge is 2.32. The molecule has 1 N–H and O–H groups in total. The van der Waals surface area contributed by atoms with Gasteiger partial charge in [0.25, 0.3) is 0 Å². The summed E-state index contributed by atoms with van der Waals surface area (Å²) in [6.07, 6.45) is 12.7. The van der Waals surface area contributed by atoms with Gasteiger partial charge in [0, 0.05) is 18.6 Å². The molecule has 2 rings (SSSR count). The van der Waals surface area contributed by atoms with Gasteiger partial charge in [-0.25, -0.2) is 0 Å². The normalized spacial score (nSPS) is 33.5. The molecule has 1 aliphatic heterocycles. The molecule has 1 aliphatic carbocycles. The Hall–Kier alpha value is -0.0800. The minimum Gasteiger partial charge on any atom is -0.312 e. The van der Waals surface area contributed by atoms with Crippen LogP contribution in [0, 0.1) is 5.92 Å². The van der Waals surface area contributed by atoms with Crippen molar-refractivity contribution >= 4 is 0 Å². The minimum atomic E-state index is 0.767. The van der Waals surface area contributed by atoms with Crippen molar-refractivity contribution in [2.75, 3.05) is 19.6 Å². The maximum absolute atomic E-state index is 3.84. The van der Waals surface area contributed by atoms with Gasteiger partial charge < -0.3 is 5.32 Å². The number of rotatable bonds is 6. The van der Waals surface area contributed by atoms with Crippen LogP contribution in [0.15, 0.2) is 0 Å². The third kappa shape index (κ3) is 4.46. The van der Waals surface area contributed by atoms with E-state index in [2.05, 4.69) is 24.1 Å². The summed E-state index contributed by atoms with van der Waals surface area (Å²) in [4.78, 5) is 2.83. The van der Waals surface area contributed by atoms with Crippen molar-refractivity contribution < 1.29 is 0 Å². The summed E-state index contributed by atoms with van der Waals surface area (Å²) in [5, 5.41) is 3.84. The monoisotopic (exact) mass is 266 g/mol. The lowest BCUT2D eigenvalue weighted by Crippen LogP contribution is -2.49. The summed E-state index contributed by atoms with van der Waals surface area (Å²) in [5.74, 6) is 0.986. The van der Waals surface area contributed by atoms with Crippen LogP contribution in [0.1, 0.15) is 71.6 Å². The Bertz CT molecular complexity index is 241. The van der Waals surface area contributed by atoms with E-state index >= 15 is 0 Å². The van der Waals surface area contributed by atoms with Gasteiger partial charge in [-0.1, -0.05) is 39.5 Å². The van der Waals surface area contributed by atoms with Crippen LogP contribution in [0.25, 0.3) is 0 Å². The highest BCUT2D eigenvalue weighted by molar-refractivity contribution is 4.90. The molecule has 0 bridgehead atoms. The van der Waals surface area contributed by atoms with E-state index in [4.69, 9.17) is 0 Å². The molecule has 0 aromatic rings. The molecule has 2 fully saturated rings. The molecule has 2 aliphatic rings. The lowest BCUT2D eigenvalue weighted by Gasteiger charge is -2.34. The van der Waals surface area contributed by atoms with Crippen molar-refractivity contribution in [1.29, 1.82) is 0 Å². The van der Waals surface area contributed by atoms with Gasteiger partial charge in [-0.3, -0.25) is 4.90 Å². The zero-order valence-electron chi connectivity index (χ0n) is 13.2. The zero-order chi connectivity index (χ0) is 13.5. The predicted molar refractivity (Wildman–Crippen MR) is 83.5 cm³/mol. The number of nitrogens with one attached hydrogen (secondary N) is 1. The first-order chi connectivity index (χ1) is 9.35. The van der Waals surface area contributed by atoms with Gasteiger partial charge in [-0.2, -0.15) is 0 Å². The molecule has 1 saturated carbocycles. The second kappa shape index (κ2) is 8.26. The predicted octanol–water partition coefficient (Wildman–Crippen LogP) is 3.81. The molecule has 0 aromatic carbocycles. The van der Waals surface area contributed by atoms with Gasteiger partial charge in [0.15, 0.2) is 0 Å². The van der Waals surface area contributed by atoms with Gasteiger partial charge in [-0.15, -0.1) is 0 Å². The van der Waals surface area contributed by atoms with Crippen molar-refractivity contribution in [2.45, 2.75) is 83.7 Å². The lowest BCUT2D eigenvalue weighted by atomic mass is 10.0. The van der Waals surface area contributed by atoms with E-state index in [0.29, 0.717) is 0 Å². The summed E-state index contributed by atoms with van der Waals surface area (Å²) in [6.45, 7) is 8.56. The van der Waals surface area contributed by atoms with Crippen LogP contribution in [0.4, 0.5) is 0 Å². The highest BCUT2D eigenvalue weighted by Crippen LogP contribution is 2.29. The third-order valence-corrected chi connectivity index (χ3v) is 5.12. The largest absolute Gasteiger partial charge is 0.312 e. The van der Waals surface area contributed by atoms with Crippen LogP contribution < -0.4 is 5.32 Å². The molecule has 112 valence electrons. The fourth-order valence-electron chi connectivity index (χ4n) is 4.10. The Morgan fingerprint density at radius 2 is 1.84 bits per heavy atom. The van der Waals surface area contributed by atoms with Gasteiger partial charge >= 0.3 is 0 Å². The number of hydrogen-bond donors (Lipinski definition) is 1. The zero-order valence-corrected chi connectivity index (χ0v) is 13.2. The van der Waals surface area contributed by atoms with E-state index in [1.807, 2.05) is 0 Å². The number of nitrogens with zero attached hydrogens (tertiary/aromatic N) is 1. The Balaban J connectivity index is 1.90. The minimum absolute atomic E-state index is 0.767. The summed E-state index contributed by atoms with van der Waals surface area (Å²) >= 11 is 0. The van der Waals surface area contributed by atoms with Gasteiger partial charge in [0.05, 0.1) is 0 Å². The van der Waals surface area contributed by atoms with Crippen LogP contribution in [0.2, 0.25) is 0 Å². The molecule has 1 saturated heterocycles. The number of hydrogen-bond acceptors (Lipinski definition) is 2. The Morgan fingerprint density at radius 1 is 1.00 bits per heavy atom. The summed E-state index contributed by atoms with van der Waals surface area (Å²) in [6, 6.07) is 1.60. The first-order valence-electron chi connectivity index (χ1n) is 8.82. The smallest absolute Gasteiger partial charge is 0.0249 e. The van der Waals surface area contributed by atoms with E-state index < -0.39 is 0 Å². The van der Waals surface area contributed by atoms with Crippen molar-refractivity contribution in [3.63, 3.8) is 0 Å². The van der Waals surface area contributed by atoms with Crippen LogP contribution in [-0.2, 0) is 0 Å². The second-order valence-electron chi connectivity index (χ2n) is 6.70. The Morgan fingerprint density at radius 3 is 2.63 bits per heavy atom. The standard InChI is InChI=1S/C17H34N2/c1-3-8-15-11-13-19(14-15)17-10-7-5-6-9-16(17)18-12-4-2/h15-18H,3-14H2,1-2H3. The van der Waals surface area contributed by atoms with Crippen LogP contribution in [0.3, 0.4) is 0 Å². The Kier molecular flexibility index (Phi) is 6.66. The summed E-state index contributed by atoms with van der Waals surface area (Å²) in [5.41, 5.74) is 0. The van der Waals surface area contributed by atoms with Gasteiger partial charge in [-0.05, 0) is 51.1 Å². The molecule has 3 atom stereocenters. The molecule has 0 radical (unpaired) electrons. The molecule has 0 aromatic heterocycles. The van der Waals surface area contributed by atoms with Gasteiger partial charge in [0.1, 0.15) is 0 Å². The first-order valence-corrected chi connectivity index (χ1v) is 8.82. The average molecular weight is 266 g/mol. The second-order valence-corrected chi connectivity index (χ2v) is 6.70. The molecule has 19 heavy (non-hydrogen) atoms.